The Morgan fingerprint density at radius 3 is 2.77 bits per heavy atom. The minimum absolute atomic E-state index is 0.103. The Hall–Kier alpha value is -3.22. The van der Waals surface area contributed by atoms with Crippen LogP contribution in [0, 0.1) is 13.8 Å². The first-order valence-electron chi connectivity index (χ1n) is 11.2. The van der Waals surface area contributed by atoms with Crippen LogP contribution in [0.2, 0.25) is 0 Å². The van der Waals surface area contributed by atoms with Crippen molar-refractivity contribution in [3.8, 4) is 11.3 Å². The van der Waals surface area contributed by atoms with Gasteiger partial charge in [-0.25, -0.2) is 4.52 Å². The molecule has 1 amide bonds. The molecule has 31 heavy (non-hydrogen) atoms. The molecule has 0 aliphatic heterocycles. The number of hydrogen-bond acceptors (Lipinski definition) is 4. The third kappa shape index (κ3) is 3.92. The zero-order valence-electron chi connectivity index (χ0n) is 18.1. The quantitative estimate of drug-likeness (QED) is 0.533. The predicted octanol–water partition coefficient (Wildman–Crippen LogP) is 4.04. The SMILES string of the molecule is Cc1ccc(C)c(-c2cc3c4nnc(CCC(=O)NC5CCCCC5)n4ccn3n2)c1. The fourth-order valence-electron chi connectivity index (χ4n) is 4.55. The average Bonchev–Trinajstić information content (AvgIpc) is 3.38. The van der Waals surface area contributed by atoms with Gasteiger partial charge in [0.1, 0.15) is 11.3 Å². The monoisotopic (exact) mass is 416 g/mol. The summed E-state index contributed by atoms with van der Waals surface area (Å²) in [6, 6.07) is 8.80. The summed E-state index contributed by atoms with van der Waals surface area (Å²) >= 11 is 0. The molecule has 5 rings (SSSR count). The summed E-state index contributed by atoms with van der Waals surface area (Å²) < 4.78 is 3.82. The van der Waals surface area contributed by atoms with Crippen molar-refractivity contribution in [2.24, 2.45) is 0 Å². The Labute approximate surface area is 181 Å². The molecule has 7 nitrogen and oxygen atoms in total. The van der Waals surface area contributed by atoms with Crippen molar-refractivity contribution >= 4 is 17.1 Å². The molecular weight excluding hydrogens is 388 g/mol. The van der Waals surface area contributed by atoms with Crippen molar-refractivity contribution in [3.05, 3.63) is 53.6 Å². The molecule has 0 atom stereocenters. The van der Waals surface area contributed by atoms with Crippen LogP contribution in [0.5, 0.6) is 0 Å². The number of aromatic nitrogens is 5. The van der Waals surface area contributed by atoms with E-state index in [0.29, 0.717) is 18.9 Å². The highest BCUT2D eigenvalue weighted by atomic mass is 16.1. The first-order chi connectivity index (χ1) is 15.1. The molecule has 1 aliphatic carbocycles. The van der Waals surface area contributed by atoms with Crippen molar-refractivity contribution in [1.29, 1.82) is 0 Å². The van der Waals surface area contributed by atoms with Crippen molar-refractivity contribution in [2.45, 2.75) is 64.8 Å². The van der Waals surface area contributed by atoms with Gasteiger partial charge in [-0.05, 0) is 44.4 Å². The molecule has 0 spiro atoms. The van der Waals surface area contributed by atoms with E-state index in [0.717, 1.165) is 41.1 Å². The maximum absolute atomic E-state index is 12.4. The Bertz CT molecular complexity index is 1250. The van der Waals surface area contributed by atoms with Gasteiger partial charge in [-0.2, -0.15) is 5.10 Å². The zero-order valence-corrected chi connectivity index (χ0v) is 18.1. The van der Waals surface area contributed by atoms with Crippen LogP contribution in [0.1, 0.15) is 55.5 Å². The summed E-state index contributed by atoms with van der Waals surface area (Å²) in [5, 5.41) is 16.7. The van der Waals surface area contributed by atoms with E-state index in [9.17, 15) is 4.79 Å². The molecule has 3 heterocycles. The molecule has 0 bridgehead atoms. The number of fused-ring (bicyclic) bond motifs is 3. The Morgan fingerprint density at radius 2 is 1.94 bits per heavy atom. The molecule has 4 aromatic rings. The van der Waals surface area contributed by atoms with E-state index in [-0.39, 0.29) is 5.91 Å². The van der Waals surface area contributed by atoms with E-state index in [1.165, 1.54) is 30.4 Å². The summed E-state index contributed by atoms with van der Waals surface area (Å²) in [6.45, 7) is 4.19. The molecule has 1 saturated carbocycles. The molecule has 0 unspecified atom stereocenters. The first-order valence-corrected chi connectivity index (χ1v) is 11.2. The van der Waals surface area contributed by atoms with Gasteiger partial charge in [-0.15, -0.1) is 10.2 Å². The molecule has 1 aromatic carbocycles. The van der Waals surface area contributed by atoms with E-state index >= 15 is 0 Å². The van der Waals surface area contributed by atoms with Crippen LogP contribution >= 0.6 is 0 Å². The molecule has 160 valence electrons. The van der Waals surface area contributed by atoms with Gasteiger partial charge in [0.2, 0.25) is 5.91 Å². The first kappa shape index (κ1) is 19.7. The molecule has 0 saturated heterocycles. The standard InChI is InChI=1S/C24H28N6O/c1-16-8-9-17(2)19(14-16)20-15-21-24-27-26-22(29(24)12-13-30(21)28-20)10-11-23(31)25-18-6-4-3-5-7-18/h8-9,12-15,18H,3-7,10-11H2,1-2H3,(H,25,31). The van der Waals surface area contributed by atoms with Crippen molar-refractivity contribution < 1.29 is 4.79 Å². The molecular formula is C24H28N6O. The number of carbonyl (C=O) groups is 1. The van der Waals surface area contributed by atoms with Crippen molar-refractivity contribution in [1.82, 2.24) is 29.5 Å². The molecule has 7 heteroatoms. The minimum Gasteiger partial charge on any atom is -0.353 e. The summed E-state index contributed by atoms with van der Waals surface area (Å²) in [7, 11) is 0. The van der Waals surface area contributed by atoms with Crippen molar-refractivity contribution in [2.75, 3.05) is 0 Å². The third-order valence-corrected chi connectivity index (χ3v) is 6.30. The van der Waals surface area contributed by atoms with E-state index in [2.05, 4.69) is 53.6 Å². The van der Waals surface area contributed by atoms with Gasteiger partial charge in [0.25, 0.3) is 0 Å². The zero-order chi connectivity index (χ0) is 21.4. The van der Waals surface area contributed by atoms with Gasteiger partial charge in [0.15, 0.2) is 5.65 Å². The van der Waals surface area contributed by atoms with E-state index in [1.807, 2.05) is 21.3 Å². The van der Waals surface area contributed by atoms with Gasteiger partial charge >= 0.3 is 0 Å². The third-order valence-electron chi connectivity index (χ3n) is 6.30. The second-order valence-corrected chi connectivity index (χ2v) is 8.69. The highest BCUT2D eigenvalue weighted by molar-refractivity contribution is 5.78. The predicted molar refractivity (Wildman–Crippen MR) is 120 cm³/mol. The molecule has 1 aliphatic rings. The lowest BCUT2D eigenvalue weighted by molar-refractivity contribution is -0.122. The van der Waals surface area contributed by atoms with Crippen LogP contribution in [0.3, 0.4) is 0 Å². The lowest BCUT2D eigenvalue weighted by Gasteiger charge is -2.22. The second-order valence-electron chi connectivity index (χ2n) is 8.69. The Kier molecular flexibility index (Phi) is 5.18. The van der Waals surface area contributed by atoms with Crippen LogP contribution < -0.4 is 5.32 Å². The highest BCUT2D eigenvalue weighted by Gasteiger charge is 2.17. The summed E-state index contributed by atoms with van der Waals surface area (Å²) in [5.74, 6) is 0.900. The Balaban J connectivity index is 1.37. The number of amides is 1. The lowest BCUT2D eigenvalue weighted by Crippen LogP contribution is -2.36. The highest BCUT2D eigenvalue weighted by Crippen LogP contribution is 2.26. The van der Waals surface area contributed by atoms with E-state index in [1.54, 1.807) is 0 Å². The summed E-state index contributed by atoms with van der Waals surface area (Å²) in [6.07, 6.45) is 10.7. The van der Waals surface area contributed by atoms with Gasteiger partial charge in [0, 0.05) is 36.8 Å². The average molecular weight is 417 g/mol. The van der Waals surface area contributed by atoms with Crippen LogP contribution in [-0.4, -0.2) is 36.2 Å². The number of benzene rings is 1. The van der Waals surface area contributed by atoms with Gasteiger partial charge in [0.05, 0.1) is 5.69 Å². The van der Waals surface area contributed by atoms with Gasteiger partial charge in [-0.1, -0.05) is 37.0 Å². The number of nitrogens with zero attached hydrogens (tertiary/aromatic N) is 5. The summed E-state index contributed by atoms with van der Waals surface area (Å²) in [4.78, 5) is 12.4. The van der Waals surface area contributed by atoms with E-state index in [4.69, 9.17) is 5.10 Å². The van der Waals surface area contributed by atoms with Crippen LogP contribution in [0.15, 0.2) is 36.7 Å². The lowest BCUT2D eigenvalue weighted by atomic mass is 9.95. The molecule has 3 aromatic heterocycles. The second kappa shape index (κ2) is 8.13. The topological polar surface area (TPSA) is 76.6 Å². The Morgan fingerprint density at radius 1 is 1.10 bits per heavy atom. The maximum Gasteiger partial charge on any atom is 0.220 e. The summed E-state index contributed by atoms with van der Waals surface area (Å²) in [5.41, 5.74) is 6.11. The minimum atomic E-state index is 0.103. The van der Waals surface area contributed by atoms with Crippen LogP contribution in [0.4, 0.5) is 0 Å². The number of nitrogens with one attached hydrogen (secondary N) is 1. The molecule has 1 N–H and O–H groups in total. The van der Waals surface area contributed by atoms with Crippen LogP contribution in [-0.2, 0) is 11.2 Å². The van der Waals surface area contributed by atoms with Crippen LogP contribution in [0.25, 0.3) is 22.4 Å². The maximum atomic E-state index is 12.4. The number of hydrogen-bond donors (Lipinski definition) is 1. The largest absolute Gasteiger partial charge is 0.353 e. The van der Waals surface area contributed by atoms with Gasteiger partial charge in [-0.3, -0.25) is 9.20 Å². The fourth-order valence-corrected chi connectivity index (χ4v) is 4.55. The number of carbonyl (C=O) groups excluding carboxylic acids is 1. The number of rotatable bonds is 5. The van der Waals surface area contributed by atoms with E-state index < -0.39 is 0 Å². The molecule has 1 fully saturated rings. The van der Waals surface area contributed by atoms with Gasteiger partial charge < -0.3 is 5.32 Å². The molecule has 0 radical (unpaired) electrons. The smallest absolute Gasteiger partial charge is 0.220 e. The fraction of sp³-hybridized carbons (Fsp3) is 0.417. The van der Waals surface area contributed by atoms with Crippen molar-refractivity contribution in [3.63, 3.8) is 0 Å². The normalized spacial score (nSPS) is 15.0. The number of aryl methyl sites for hydroxylation is 3.